The second-order valence-corrected chi connectivity index (χ2v) is 5.31. The quantitative estimate of drug-likeness (QED) is 0.793. The van der Waals surface area contributed by atoms with Crippen molar-refractivity contribution in [2.24, 2.45) is 0 Å². The summed E-state index contributed by atoms with van der Waals surface area (Å²) in [5.41, 5.74) is 1.86. The predicted molar refractivity (Wildman–Crippen MR) is 74.2 cm³/mol. The van der Waals surface area contributed by atoms with Gasteiger partial charge in [-0.1, -0.05) is 6.07 Å². The first-order valence-electron chi connectivity index (χ1n) is 6.38. The van der Waals surface area contributed by atoms with Gasteiger partial charge in [-0.25, -0.2) is 4.39 Å². The maximum Gasteiger partial charge on any atom is 0.252 e. The zero-order valence-corrected chi connectivity index (χ0v) is 11.8. The molecule has 104 valence electrons. The minimum Gasteiger partial charge on any atom is -0.304 e. The summed E-state index contributed by atoms with van der Waals surface area (Å²) in [5.74, 6) is 0. The van der Waals surface area contributed by atoms with E-state index >= 15 is 0 Å². The van der Waals surface area contributed by atoms with E-state index in [1.54, 1.807) is 12.1 Å². The van der Waals surface area contributed by atoms with Gasteiger partial charge < -0.3 is 4.90 Å². The van der Waals surface area contributed by atoms with E-state index in [4.69, 9.17) is 11.6 Å². The first kappa shape index (κ1) is 14.4. The molecular weight excluding hydrogens is 267 g/mol. The first-order chi connectivity index (χ1) is 9.10. The third-order valence-electron chi connectivity index (χ3n) is 3.57. The van der Waals surface area contributed by atoms with E-state index in [1.165, 1.54) is 0 Å². The van der Waals surface area contributed by atoms with Crippen molar-refractivity contribution in [3.05, 3.63) is 34.9 Å². The molecule has 19 heavy (non-hydrogen) atoms. The molecule has 2 rings (SSSR count). The summed E-state index contributed by atoms with van der Waals surface area (Å²) in [6, 6.07) is 5.03. The molecule has 0 aliphatic carbocycles. The number of hydrogen-bond acceptors (Lipinski definition) is 3. The van der Waals surface area contributed by atoms with Gasteiger partial charge in [-0.05, 0) is 41.9 Å². The molecule has 0 atom stereocenters. The predicted octanol–water partition coefficient (Wildman–Crippen LogP) is 2.28. The second kappa shape index (κ2) is 6.46. The molecule has 0 bridgehead atoms. The number of benzene rings is 1. The number of piperazine rings is 1. The molecule has 1 aliphatic rings. The van der Waals surface area contributed by atoms with Crippen LogP contribution in [-0.2, 0) is 13.2 Å². The van der Waals surface area contributed by atoms with Gasteiger partial charge in [0.15, 0.2) is 0 Å². The van der Waals surface area contributed by atoms with Gasteiger partial charge in [0.2, 0.25) is 0 Å². The monoisotopic (exact) mass is 284 g/mol. The smallest absolute Gasteiger partial charge is 0.252 e. The molecular formula is C14H18ClFN2O. The topological polar surface area (TPSA) is 23.6 Å². The number of carbonyl (C=O) groups excluding carboxylic acids is 1. The van der Waals surface area contributed by atoms with Gasteiger partial charge in [-0.3, -0.25) is 9.69 Å². The summed E-state index contributed by atoms with van der Waals surface area (Å²) < 4.78 is 13.1. The van der Waals surface area contributed by atoms with Crippen molar-refractivity contribution in [1.82, 2.24) is 9.80 Å². The lowest BCUT2D eigenvalue weighted by Crippen LogP contribution is -2.44. The van der Waals surface area contributed by atoms with Crippen molar-refractivity contribution in [2.75, 3.05) is 33.2 Å². The number of hydrogen-bond donors (Lipinski definition) is 0. The maximum atomic E-state index is 13.1. The minimum atomic E-state index is -0.568. The summed E-state index contributed by atoms with van der Waals surface area (Å²) in [6.07, 6.45) is 0. The van der Waals surface area contributed by atoms with Gasteiger partial charge in [0.25, 0.3) is 5.24 Å². The normalized spacial score (nSPS) is 17.6. The van der Waals surface area contributed by atoms with Crippen LogP contribution in [0.4, 0.5) is 4.39 Å². The Kier molecular flexibility index (Phi) is 4.91. The van der Waals surface area contributed by atoms with Crippen molar-refractivity contribution in [3.63, 3.8) is 0 Å². The molecule has 1 saturated heterocycles. The van der Waals surface area contributed by atoms with Gasteiger partial charge in [-0.2, -0.15) is 0 Å². The van der Waals surface area contributed by atoms with Crippen LogP contribution in [-0.4, -0.2) is 48.3 Å². The molecule has 0 spiro atoms. The Hall–Kier alpha value is -0.970. The highest BCUT2D eigenvalue weighted by Crippen LogP contribution is 2.18. The van der Waals surface area contributed by atoms with Crippen LogP contribution in [0.25, 0.3) is 0 Å². The molecule has 1 aliphatic heterocycles. The summed E-state index contributed by atoms with van der Waals surface area (Å²) in [5, 5.41) is -0.541. The van der Waals surface area contributed by atoms with Gasteiger partial charge in [0.05, 0.1) is 0 Å². The Morgan fingerprint density at radius 1 is 1.26 bits per heavy atom. The number of carbonyl (C=O) groups is 1. The lowest BCUT2D eigenvalue weighted by molar-refractivity contribution is 0.108. The zero-order valence-electron chi connectivity index (χ0n) is 11.0. The fourth-order valence-corrected chi connectivity index (χ4v) is 2.39. The molecule has 0 unspecified atom stereocenters. The molecule has 5 heteroatoms. The van der Waals surface area contributed by atoms with Crippen LogP contribution >= 0.6 is 11.6 Å². The Bertz CT molecular complexity index is 459. The maximum absolute atomic E-state index is 13.1. The summed E-state index contributed by atoms with van der Waals surface area (Å²) in [7, 11) is 2.10. The summed E-state index contributed by atoms with van der Waals surface area (Å²) in [6.45, 7) is 4.19. The van der Waals surface area contributed by atoms with Crippen molar-refractivity contribution in [1.29, 1.82) is 0 Å². The molecule has 0 N–H and O–H groups in total. The third kappa shape index (κ3) is 3.75. The molecule has 3 nitrogen and oxygen atoms in total. The van der Waals surface area contributed by atoms with Gasteiger partial charge in [0, 0.05) is 38.3 Å². The van der Waals surface area contributed by atoms with Crippen LogP contribution in [0.3, 0.4) is 0 Å². The van der Waals surface area contributed by atoms with Crippen LogP contribution in [0.5, 0.6) is 0 Å². The van der Waals surface area contributed by atoms with E-state index < -0.39 is 11.9 Å². The Morgan fingerprint density at radius 3 is 2.53 bits per heavy atom. The molecule has 0 radical (unpaired) electrons. The number of nitrogens with zero attached hydrogens (tertiary/aromatic N) is 2. The lowest BCUT2D eigenvalue weighted by atomic mass is 10.0. The van der Waals surface area contributed by atoms with Crippen LogP contribution in [0, 0.1) is 0 Å². The number of alkyl halides is 1. The van der Waals surface area contributed by atoms with Crippen molar-refractivity contribution < 1.29 is 9.18 Å². The highest BCUT2D eigenvalue weighted by Gasteiger charge is 2.16. The Morgan fingerprint density at radius 2 is 1.95 bits per heavy atom. The standard InChI is InChI=1S/C14H18ClFN2O/c1-17-4-6-18(7-5-17)10-12-3-2-11(14(15)19)8-13(12)9-16/h2-3,8H,4-7,9-10H2,1H3. The van der Waals surface area contributed by atoms with Gasteiger partial charge in [-0.15, -0.1) is 0 Å². The van der Waals surface area contributed by atoms with E-state index in [-0.39, 0.29) is 0 Å². The van der Waals surface area contributed by atoms with Crippen LogP contribution in [0.15, 0.2) is 18.2 Å². The Balaban J connectivity index is 2.09. The summed E-state index contributed by atoms with van der Waals surface area (Å²) >= 11 is 5.42. The molecule has 1 heterocycles. The highest BCUT2D eigenvalue weighted by atomic mass is 35.5. The van der Waals surface area contributed by atoms with E-state index in [0.717, 1.165) is 38.3 Å². The molecule has 1 aromatic carbocycles. The van der Waals surface area contributed by atoms with E-state index in [2.05, 4.69) is 16.8 Å². The van der Waals surface area contributed by atoms with Crippen molar-refractivity contribution in [3.8, 4) is 0 Å². The van der Waals surface area contributed by atoms with Crippen LogP contribution < -0.4 is 0 Å². The SMILES string of the molecule is CN1CCN(Cc2ccc(C(=O)Cl)cc2CF)CC1. The average molecular weight is 285 g/mol. The van der Waals surface area contributed by atoms with E-state index in [1.807, 2.05) is 6.07 Å². The molecule has 1 aromatic rings. The summed E-state index contributed by atoms with van der Waals surface area (Å²) in [4.78, 5) is 15.7. The zero-order chi connectivity index (χ0) is 13.8. The van der Waals surface area contributed by atoms with E-state index in [0.29, 0.717) is 11.1 Å². The fraction of sp³-hybridized carbons (Fsp3) is 0.500. The third-order valence-corrected chi connectivity index (χ3v) is 3.79. The van der Waals surface area contributed by atoms with Crippen LogP contribution in [0.2, 0.25) is 0 Å². The second-order valence-electron chi connectivity index (χ2n) is 4.97. The minimum absolute atomic E-state index is 0.358. The molecule has 0 saturated carbocycles. The number of halogens is 2. The molecule has 0 aromatic heterocycles. The first-order valence-corrected chi connectivity index (χ1v) is 6.76. The molecule has 1 fully saturated rings. The number of rotatable bonds is 4. The largest absolute Gasteiger partial charge is 0.304 e. The molecule has 0 amide bonds. The Labute approximate surface area is 117 Å². The van der Waals surface area contributed by atoms with Crippen molar-refractivity contribution >= 4 is 16.8 Å². The van der Waals surface area contributed by atoms with Crippen molar-refractivity contribution in [2.45, 2.75) is 13.2 Å². The average Bonchev–Trinajstić information content (AvgIpc) is 2.41. The van der Waals surface area contributed by atoms with Gasteiger partial charge >= 0.3 is 0 Å². The fourth-order valence-electron chi connectivity index (χ4n) is 2.27. The van der Waals surface area contributed by atoms with E-state index in [9.17, 15) is 9.18 Å². The highest BCUT2D eigenvalue weighted by molar-refractivity contribution is 6.67. The van der Waals surface area contributed by atoms with Crippen LogP contribution in [0.1, 0.15) is 21.5 Å². The van der Waals surface area contributed by atoms with Gasteiger partial charge in [0.1, 0.15) is 6.67 Å². The number of likely N-dealkylation sites (N-methyl/N-ethyl adjacent to an activating group) is 1. The lowest BCUT2D eigenvalue weighted by Gasteiger charge is -2.32.